The molecular weight excluding hydrogens is 238 g/mol. The van der Waals surface area contributed by atoms with Crippen molar-refractivity contribution in [3.8, 4) is 0 Å². The topological polar surface area (TPSA) is 45.2 Å². The number of pyridine rings is 1. The van der Waals surface area contributed by atoms with Crippen molar-refractivity contribution in [3.05, 3.63) is 18.3 Å². The normalized spacial score (nSPS) is 26.1. The molecule has 4 heteroatoms. The number of amides is 1. The lowest BCUT2D eigenvalue weighted by Gasteiger charge is -2.27. The lowest BCUT2D eigenvalue weighted by atomic mass is 10.1. The SMILES string of the molecule is CC1CC1C(=O)Nc1ccc(N2CCCCC2)nc1. The van der Waals surface area contributed by atoms with Crippen molar-refractivity contribution in [3.63, 3.8) is 0 Å². The van der Waals surface area contributed by atoms with Gasteiger partial charge in [0, 0.05) is 19.0 Å². The Bertz CT molecular complexity index is 451. The average molecular weight is 259 g/mol. The second kappa shape index (κ2) is 5.19. The van der Waals surface area contributed by atoms with Gasteiger partial charge in [-0.15, -0.1) is 0 Å². The molecule has 1 aliphatic heterocycles. The Balaban J connectivity index is 1.60. The van der Waals surface area contributed by atoms with E-state index < -0.39 is 0 Å². The van der Waals surface area contributed by atoms with Crippen LogP contribution in [0.2, 0.25) is 0 Å². The zero-order chi connectivity index (χ0) is 13.2. The number of anilines is 2. The zero-order valence-corrected chi connectivity index (χ0v) is 11.4. The third kappa shape index (κ3) is 2.88. The standard InChI is InChI=1S/C15H21N3O/c1-11-9-13(11)15(19)17-12-5-6-14(16-10-12)18-7-3-2-4-8-18/h5-6,10-11,13H,2-4,7-9H2,1H3,(H,17,19). The van der Waals surface area contributed by atoms with Crippen molar-refractivity contribution in [2.45, 2.75) is 32.6 Å². The molecule has 1 amide bonds. The predicted octanol–water partition coefficient (Wildman–Crippen LogP) is 2.67. The van der Waals surface area contributed by atoms with Crippen molar-refractivity contribution >= 4 is 17.4 Å². The fourth-order valence-corrected chi connectivity index (χ4v) is 2.69. The van der Waals surface area contributed by atoms with E-state index in [4.69, 9.17) is 0 Å². The Morgan fingerprint density at radius 2 is 2.05 bits per heavy atom. The number of hydrogen-bond donors (Lipinski definition) is 1. The van der Waals surface area contributed by atoms with Gasteiger partial charge in [-0.25, -0.2) is 4.98 Å². The Morgan fingerprint density at radius 3 is 2.63 bits per heavy atom. The van der Waals surface area contributed by atoms with Gasteiger partial charge in [-0.1, -0.05) is 6.92 Å². The van der Waals surface area contributed by atoms with E-state index in [1.165, 1.54) is 19.3 Å². The summed E-state index contributed by atoms with van der Waals surface area (Å²) in [6.45, 7) is 4.30. The van der Waals surface area contributed by atoms with Gasteiger partial charge in [0.05, 0.1) is 11.9 Å². The van der Waals surface area contributed by atoms with Gasteiger partial charge in [0.25, 0.3) is 0 Å². The second-order valence-corrected chi connectivity index (χ2v) is 5.76. The van der Waals surface area contributed by atoms with Crippen molar-refractivity contribution in [1.82, 2.24) is 4.98 Å². The minimum atomic E-state index is 0.139. The van der Waals surface area contributed by atoms with Gasteiger partial charge in [-0.2, -0.15) is 0 Å². The Hall–Kier alpha value is -1.58. The molecule has 1 aromatic rings. The van der Waals surface area contributed by atoms with E-state index in [1.54, 1.807) is 6.20 Å². The van der Waals surface area contributed by atoms with Crippen molar-refractivity contribution in [2.24, 2.45) is 11.8 Å². The molecule has 1 saturated carbocycles. The molecule has 1 aromatic heterocycles. The lowest BCUT2D eigenvalue weighted by molar-refractivity contribution is -0.117. The first-order chi connectivity index (χ1) is 9.24. The van der Waals surface area contributed by atoms with Crippen molar-refractivity contribution < 1.29 is 4.79 Å². The monoisotopic (exact) mass is 259 g/mol. The van der Waals surface area contributed by atoms with E-state index in [9.17, 15) is 4.79 Å². The van der Waals surface area contributed by atoms with Crippen LogP contribution in [0.25, 0.3) is 0 Å². The fraction of sp³-hybridized carbons (Fsp3) is 0.600. The molecule has 2 fully saturated rings. The molecule has 0 aromatic carbocycles. The second-order valence-electron chi connectivity index (χ2n) is 5.76. The highest BCUT2D eigenvalue weighted by atomic mass is 16.2. The Morgan fingerprint density at radius 1 is 1.32 bits per heavy atom. The van der Waals surface area contributed by atoms with Crippen LogP contribution in [-0.4, -0.2) is 24.0 Å². The van der Waals surface area contributed by atoms with Gasteiger partial charge in [-0.05, 0) is 43.7 Å². The zero-order valence-electron chi connectivity index (χ0n) is 11.4. The summed E-state index contributed by atoms with van der Waals surface area (Å²) in [5, 5.41) is 2.94. The molecule has 4 nitrogen and oxygen atoms in total. The van der Waals surface area contributed by atoms with Crippen LogP contribution in [0.15, 0.2) is 18.3 Å². The summed E-state index contributed by atoms with van der Waals surface area (Å²) in [6.07, 6.45) is 6.61. The van der Waals surface area contributed by atoms with Crippen LogP contribution in [0.3, 0.4) is 0 Å². The van der Waals surface area contributed by atoms with E-state index in [0.29, 0.717) is 5.92 Å². The molecule has 0 spiro atoms. The number of rotatable bonds is 3. The number of hydrogen-bond acceptors (Lipinski definition) is 3. The molecule has 2 heterocycles. The van der Waals surface area contributed by atoms with Gasteiger partial charge in [0.2, 0.25) is 5.91 Å². The van der Waals surface area contributed by atoms with Gasteiger partial charge >= 0.3 is 0 Å². The molecule has 2 unspecified atom stereocenters. The summed E-state index contributed by atoms with van der Waals surface area (Å²) in [4.78, 5) is 18.6. The number of nitrogens with one attached hydrogen (secondary N) is 1. The third-order valence-electron chi connectivity index (χ3n) is 4.14. The number of aromatic nitrogens is 1. The molecule has 1 saturated heterocycles. The summed E-state index contributed by atoms with van der Waals surface area (Å²) in [5.41, 5.74) is 0.810. The lowest BCUT2D eigenvalue weighted by Crippen LogP contribution is -2.30. The number of carbonyl (C=O) groups is 1. The molecule has 102 valence electrons. The molecule has 2 aliphatic rings. The summed E-state index contributed by atoms with van der Waals surface area (Å²) >= 11 is 0. The minimum absolute atomic E-state index is 0.139. The largest absolute Gasteiger partial charge is 0.357 e. The third-order valence-corrected chi connectivity index (χ3v) is 4.14. The van der Waals surface area contributed by atoms with Crippen LogP contribution < -0.4 is 10.2 Å². The predicted molar refractivity (Wildman–Crippen MR) is 76.2 cm³/mol. The van der Waals surface area contributed by atoms with E-state index in [0.717, 1.165) is 31.0 Å². The maximum Gasteiger partial charge on any atom is 0.227 e. The first kappa shape index (κ1) is 12.5. The maximum atomic E-state index is 11.8. The van der Waals surface area contributed by atoms with Gasteiger partial charge in [-0.3, -0.25) is 4.79 Å². The van der Waals surface area contributed by atoms with E-state index in [-0.39, 0.29) is 11.8 Å². The first-order valence-corrected chi connectivity index (χ1v) is 7.26. The van der Waals surface area contributed by atoms with Gasteiger partial charge < -0.3 is 10.2 Å². The highest BCUT2D eigenvalue weighted by molar-refractivity contribution is 5.94. The first-order valence-electron chi connectivity index (χ1n) is 7.26. The van der Waals surface area contributed by atoms with Crippen LogP contribution in [0.1, 0.15) is 32.6 Å². The highest BCUT2D eigenvalue weighted by Crippen LogP contribution is 2.38. The van der Waals surface area contributed by atoms with Gasteiger partial charge in [0.1, 0.15) is 5.82 Å². The average Bonchev–Trinajstić information content (AvgIpc) is 3.18. The fourth-order valence-electron chi connectivity index (χ4n) is 2.69. The van der Waals surface area contributed by atoms with Crippen molar-refractivity contribution in [1.29, 1.82) is 0 Å². The van der Waals surface area contributed by atoms with Crippen LogP contribution in [0.5, 0.6) is 0 Å². The quantitative estimate of drug-likeness (QED) is 0.907. The summed E-state index contributed by atoms with van der Waals surface area (Å²) in [7, 11) is 0. The molecule has 0 bridgehead atoms. The Kier molecular flexibility index (Phi) is 3.40. The molecular formula is C15H21N3O. The smallest absolute Gasteiger partial charge is 0.227 e. The van der Waals surface area contributed by atoms with E-state index >= 15 is 0 Å². The summed E-state index contributed by atoms with van der Waals surface area (Å²) < 4.78 is 0. The van der Waals surface area contributed by atoms with E-state index in [1.807, 2.05) is 12.1 Å². The molecule has 0 radical (unpaired) electrons. The van der Waals surface area contributed by atoms with E-state index in [2.05, 4.69) is 22.1 Å². The van der Waals surface area contributed by atoms with Gasteiger partial charge in [0.15, 0.2) is 0 Å². The Labute approximate surface area is 114 Å². The number of piperidine rings is 1. The van der Waals surface area contributed by atoms with Crippen LogP contribution >= 0.6 is 0 Å². The van der Waals surface area contributed by atoms with Crippen LogP contribution in [0.4, 0.5) is 11.5 Å². The minimum Gasteiger partial charge on any atom is -0.357 e. The molecule has 1 aliphatic carbocycles. The van der Waals surface area contributed by atoms with Crippen LogP contribution in [0, 0.1) is 11.8 Å². The molecule has 2 atom stereocenters. The summed E-state index contributed by atoms with van der Waals surface area (Å²) in [6, 6.07) is 3.97. The summed E-state index contributed by atoms with van der Waals surface area (Å²) in [5.74, 6) is 1.92. The van der Waals surface area contributed by atoms with Crippen LogP contribution in [-0.2, 0) is 4.79 Å². The molecule has 19 heavy (non-hydrogen) atoms. The maximum absolute atomic E-state index is 11.8. The number of carbonyl (C=O) groups excluding carboxylic acids is 1. The molecule has 1 N–H and O–H groups in total. The number of nitrogens with zero attached hydrogens (tertiary/aromatic N) is 2. The molecule has 3 rings (SSSR count). The highest BCUT2D eigenvalue weighted by Gasteiger charge is 2.39. The van der Waals surface area contributed by atoms with Crippen molar-refractivity contribution in [2.75, 3.05) is 23.3 Å².